The van der Waals surface area contributed by atoms with Gasteiger partial charge in [0.15, 0.2) is 11.4 Å². The summed E-state index contributed by atoms with van der Waals surface area (Å²) in [5, 5.41) is 0.447. The molecule has 2 aromatic carbocycles. The molecule has 25 heavy (non-hydrogen) atoms. The molecule has 3 rings (SSSR count). The number of ketones is 1. The third kappa shape index (κ3) is 4.02. The molecule has 0 aliphatic rings. The summed E-state index contributed by atoms with van der Waals surface area (Å²) in [5.41, 5.74) is 2.45. The molecule has 0 unspecified atom stereocenters. The van der Waals surface area contributed by atoms with Gasteiger partial charge in [0.1, 0.15) is 5.52 Å². The minimum Gasteiger partial charge on any atom is -0.431 e. The fourth-order valence-corrected chi connectivity index (χ4v) is 3.41. The molecule has 0 fully saturated rings. The van der Waals surface area contributed by atoms with Crippen molar-refractivity contribution < 1.29 is 17.6 Å². The summed E-state index contributed by atoms with van der Waals surface area (Å²) in [5.74, 6) is 0.106. The van der Waals surface area contributed by atoms with Gasteiger partial charge in [-0.25, -0.2) is 13.4 Å². The first-order valence-electron chi connectivity index (χ1n) is 7.40. The second-order valence-corrected chi connectivity index (χ2v) is 8.38. The van der Waals surface area contributed by atoms with Crippen molar-refractivity contribution in [3.05, 3.63) is 54.1 Å². The standard InChI is InChI=1S/C17H16N2O4S2/c1-19(25(2,21)22)13-9-7-12(8-10-13)15(20)11-24-17-18-14-5-3-4-6-16(14)23-17/h3-10H,11H2,1-2H3. The van der Waals surface area contributed by atoms with E-state index in [0.29, 0.717) is 22.1 Å². The molecular formula is C17H16N2O4S2. The maximum atomic E-state index is 12.3. The minimum absolute atomic E-state index is 0.0826. The van der Waals surface area contributed by atoms with Crippen LogP contribution in [0.15, 0.2) is 58.2 Å². The van der Waals surface area contributed by atoms with Crippen LogP contribution in [0.1, 0.15) is 10.4 Å². The van der Waals surface area contributed by atoms with Gasteiger partial charge in [-0.2, -0.15) is 0 Å². The first-order valence-corrected chi connectivity index (χ1v) is 10.2. The van der Waals surface area contributed by atoms with Crippen LogP contribution in [-0.2, 0) is 10.0 Å². The van der Waals surface area contributed by atoms with Gasteiger partial charge in [0.2, 0.25) is 10.0 Å². The van der Waals surface area contributed by atoms with Crippen LogP contribution in [-0.4, -0.2) is 38.2 Å². The molecule has 0 saturated carbocycles. The van der Waals surface area contributed by atoms with E-state index in [2.05, 4.69) is 4.98 Å². The van der Waals surface area contributed by atoms with Gasteiger partial charge >= 0.3 is 0 Å². The number of sulfonamides is 1. The number of benzene rings is 2. The molecule has 8 heteroatoms. The van der Waals surface area contributed by atoms with Crippen LogP contribution in [0, 0.1) is 0 Å². The first kappa shape index (κ1) is 17.5. The number of anilines is 1. The zero-order valence-electron chi connectivity index (χ0n) is 13.7. The number of carbonyl (C=O) groups excluding carboxylic acids is 1. The predicted octanol–water partition coefficient (Wildman–Crippen LogP) is 3.20. The van der Waals surface area contributed by atoms with E-state index in [1.807, 2.05) is 24.3 Å². The second kappa shape index (κ2) is 6.89. The van der Waals surface area contributed by atoms with E-state index in [1.165, 1.54) is 18.8 Å². The SMILES string of the molecule is CN(c1ccc(C(=O)CSc2nc3ccccc3o2)cc1)S(C)(=O)=O. The number of rotatable bonds is 6. The number of thioether (sulfide) groups is 1. The lowest BCUT2D eigenvalue weighted by atomic mass is 10.1. The van der Waals surface area contributed by atoms with Crippen LogP contribution in [0.3, 0.4) is 0 Å². The lowest BCUT2D eigenvalue weighted by molar-refractivity contribution is 0.102. The highest BCUT2D eigenvalue weighted by atomic mass is 32.2. The average Bonchev–Trinajstić information content (AvgIpc) is 3.01. The average molecular weight is 376 g/mol. The largest absolute Gasteiger partial charge is 0.431 e. The Labute approximate surface area is 149 Å². The van der Waals surface area contributed by atoms with Crippen molar-refractivity contribution in [2.45, 2.75) is 5.22 Å². The number of carbonyl (C=O) groups is 1. The third-order valence-electron chi connectivity index (χ3n) is 3.65. The highest BCUT2D eigenvalue weighted by Gasteiger charge is 2.14. The first-order chi connectivity index (χ1) is 11.8. The summed E-state index contributed by atoms with van der Waals surface area (Å²) in [4.78, 5) is 16.6. The molecule has 0 N–H and O–H groups in total. The van der Waals surface area contributed by atoms with Crippen molar-refractivity contribution in [1.82, 2.24) is 4.98 Å². The summed E-state index contributed by atoms with van der Waals surface area (Å²) < 4.78 is 29.8. The van der Waals surface area contributed by atoms with Crippen molar-refractivity contribution in [2.75, 3.05) is 23.4 Å². The van der Waals surface area contributed by atoms with E-state index < -0.39 is 10.0 Å². The van der Waals surface area contributed by atoms with Crippen LogP contribution in [0.2, 0.25) is 0 Å². The summed E-state index contributed by atoms with van der Waals surface area (Å²) >= 11 is 1.23. The lowest BCUT2D eigenvalue weighted by Gasteiger charge is -2.16. The molecule has 0 aliphatic carbocycles. The Bertz CT molecular complexity index is 978. The third-order valence-corrected chi connectivity index (χ3v) is 5.69. The van der Waals surface area contributed by atoms with E-state index in [9.17, 15) is 13.2 Å². The van der Waals surface area contributed by atoms with Gasteiger partial charge in [-0.05, 0) is 36.4 Å². The van der Waals surface area contributed by atoms with Gasteiger partial charge in [0, 0.05) is 12.6 Å². The number of fused-ring (bicyclic) bond motifs is 1. The zero-order chi connectivity index (χ0) is 18.0. The summed E-state index contributed by atoms with van der Waals surface area (Å²) in [7, 11) is -1.86. The van der Waals surface area contributed by atoms with Crippen molar-refractivity contribution in [2.24, 2.45) is 0 Å². The number of oxazole rings is 1. The van der Waals surface area contributed by atoms with Gasteiger partial charge in [-0.15, -0.1) is 0 Å². The number of hydrogen-bond donors (Lipinski definition) is 0. The second-order valence-electron chi connectivity index (χ2n) is 5.44. The monoisotopic (exact) mass is 376 g/mol. The topological polar surface area (TPSA) is 80.5 Å². The number of nitrogens with zero attached hydrogens (tertiary/aromatic N) is 2. The van der Waals surface area contributed by atoms with Crippen molar-refractivity contribution >= 4 is 44.4 Å². The Morgan fingerprint density at radius 3 is 2.48 bits per heavy atom. The molecule has 0 atom stereocenters. The molecule has 0 bridgehead atoms. The van der Waals surface area contributed by atoms with E-state index in [-0.39, 0.29) is 11.5 Å². The Kier molecular flexibility index (Phi) is 4.82. The summed E-state index contributed by atoms with van der Waals surface area (Å²) in [6, 6.07) is 13.9. The molecule has 6 nitrogen and oxygen atoms in total. The van der Waals surface area contributed by atoms with Crippen LogP contribution < -0.4 is 4.31 Å². The van der Waals surface area contributed by atoms with E-state index >= 15 is 0 Å². The Balaban J connectivity index is 1.67. The predicted molar refractivity (Wildman–Crippen MR) is 98.8 cm³/mol. The zero-order valence-corrected chi connectivity index (χ0v) is 15.3. The molecule has 0 aliphatic heterocycles. The highest BCUT2D eigenvalue weighted by molar-refractivity contribution is 7.99. The molecule has 1 aromatic heterocycles. The smallest absolute Gasteiger partial charge is 0.257 e. The van der Waals surface area contributed by atoms with E-state index in [4.69, 9.17) is 4.42 Å². The number of hydrogen-bond acceptors (Lipinski definition) is 6. The maximum absolute atomic E-state index is 12.3. The van der Waals surface area contributed by atoms with Crippen LogP contribution in [0.5, 0.6) is 0 Å². The van der Waals surface area contributed by atoms with Crippen molar-refractivity contribution in [3.8, 4) is 0 Å². The number of aromatic nitrogens is 1. The molecule has 0 radical (unpaired) electrons. The van der Waals surface area contributed by atoms with E-state index in [1.54, 1.807) is 24.3 Å². The van der Waals surface area contributed by atoms with Gasteiger partial charge in [-0.3, -0.25) is 9.10 Å². The number of Topliss-reactive ketones (excluding diaryl/α,β-unsaturated/α-hetero) is 1. The Morgan fingerprint density at radius 2 is 1.84 bits per heavy atom. The van der Waals surface area contributed by atoms with Gasteiger partial charge < -0.3 is 4.42 Å². The lowest BCUT2D eigenvalue weighted by Crippen LogP contribution is -2.24. The maximum Gasteiger partial charge on any atom is 0.257 e. The quantitative estimate of drug-likeness (QED) is 0.485. The van der Waals surface area contributed by atoms with Crippen molar-refractivity contribution in [3.63, 3.8) is 0 Å². The summed E-state index contributed by atoms with van der Waals surface area (Å²) in [6.45, 7) is 0. The van der Waals surface area contributed by atoms with Crippen LogP contribution >= 0.6 is 11.8 Å². The van der Waals surface area contributed by atoms with Gasteiger partial charge in [0.25, 0.3) is 5.22 Å². The minimum atomic E-state index is -3.32. The molecule has 0 spiro atoms. The van der Waals surface area contributed by atoms with Crippen LogP contribution in [0.4, 0.5) is 5.69 Å². The molecule has 0 saturated heterocycles. The molecule has 1 heterocycles. The van der Waals surface area contributed by atoms with E-state index in [0.717, 1.165) is 16.1 Å². The van der Waals surface area contributed by atoms with Crippen molar-refractivity contribution in [1.29, 1.82) is 0 Å². The molecule has 130 valence electrons. The molecule has 3 aromatic rings. The fraction of sp³-hybridized carbons (Fsp3) is 0.176. The Hall–Kier alpha value is -2.32. The molecule has 0 amide bonds. The summed E-state index contributed by atoms with van der Waals surface area (Å²) in [6.07, 6.45) is 1.13. The van der Waals surface area contributed by atoms with Gasteiger partial charge in [-0.1, -0.05) is 23.9 Å². The normalized spacial score (nSPS) is 11.6. The van der Waals surface area contributed by atoms with Gasteiger partial charge in [0.05, 0.1) is 17.7 Å². The van der Waals surface area contributed by atoms with Crippen LogP contribution in [0.25, 0.3) is 11.1 Å². The highest BCUT2D eigenvalue weighted by Crippen LogP contribution is 2.24. The Morgan fingerprint density at radius 1 is 1.16 bits per heavy atom. The number of para-hydroxylation sites is 2. The fourth-order valence-electron chi connectivity index (χ4n) is 2.17. The molecular weight excluding hydrogens is 360 g/mol.